The molecule has 108 valence electrons. The number of rotatable bonds is 4. The Kier molecular flexibility index (Phi) is 4.11. The standard InChI is InChI=1S/C11H13BrN4O3S/c1-6-8(12)3-4-10(13-6)16-20(18,19)11-7(2)14-15-9(11)5-17/h3-4,17H,5H2,1-2H3,(H,13,16)(H,14,15). The highest BCUT2D eigenvalue weighted by atomic mass is 79.9. The number of nitrogens with one attached hydrogen (secondary N) is 2. The summed E-state index contributed by atoms with van der Waals surface area (Å²) in [5.74, 6) is 0.204. The Morgan fingerprint density at radius 2 is 2.10 bits per heavy atom. The van der Waals surface area contributed by atoms with E-state index in [1.165, 1.54) is 0 Å². The smallest absolute Gasteiger partial charge is 0.266 e. The summed E-state index contributed by atoms with van der Waals surface area (Å²) in [6.07, 6.45) is 0. The molecule has 7 nitrogen and oxygen atoms in total. The van der Waals surface area contributed by atoms with Crippen LogP contribution in [0.4, 0.5) is 5.82 Å². The lowest BCUT2D eigenvalue weighted by Crippen LogP contribution is -2.16. The highest BCUT2D eigenvalue weighted by Crippen LogP contribution is 2.22. The second-order valence-corrected chi connectivity index (χ2v) is 6.63. The van der Waals surface area contributed by atoms with Gasteiger partial charge in [0, 0.05) is 4.47 Å². The number of aliphatic hydroxyl groups excluding tert-OH is 1. The molecule has 0 fully saturated rings. The van der Waals surface area contributed by atoms with Crippen LogP contribution in [0, 0.1) is 13.8 Å². The first-order valence-electron chi connectivity index (χ1n) is 5.66. The van der Waals surface area contributed by atoms with E-state index in [0.717, 1.165) is 4.47 Å². The summed E-state index contributed by atoms with van der Waals surface area (Å²) in [5.41, 5.74) is 1.09. The number of H-pyrrole nitrogens is 1. The van der Waals surface area contributed by atoms with E-state index in [-0.39, 0.29) is 16.4 Å². The van der Waals surface area contributed by atoms with Gasteiger partial charge >= 0.3 is 0 Å². The van der Waals surface area contributed by atoms with Crippen LogP contribution in [-0.4, -0.2) is 28.7 Å². The number of aryl methyl sites for hydroxylation is 2. The summed E-state index contributed by atoms with van der Waals surface area (Å²) in [5, 5.41) is 15.4. The van der Waals surface area contributed by atoms with Crippen molar-refractivity contribution in [3.63, 3.8) is 0 Å². The van der Waals surface area contributed by atoms with Crippen molar-refractivity contribution in [2.75, 3.05) is 4.72 Å². The van der Waals surface area contributed by atoms with Crippen LogP contribution >= 0.6 is 15.9 Å². The van der Waals surface area contributed by atoms with E-state index in [1.807, 2.05) is 0 Å². The summed E-state index contributed by atoms with van der Waals surface area (Å²) in [7, 11) is -3.85. The number of aliphatic hydroxyl groups is 1. The van der Waals surface area contributed by atoms with Crippen LogP contribution in [0.3, 0.4) is 0 Å². The molecule has 0 radical (unpaired) electrons. The number of aromatic amines is 1. The highest BCUT2D eigenvalue weighted by molar-refractivity contribution is 9.10. The number of pyridine rings is 1. The molecule has 2 heterocycles. The van der Waals surface area contributed by atoms with Gasteiger partial charge in [0.2, 0.25) is 0 Å². The Bertz CT molecular complexity index is 742. The topological polar surface area (TPSA) is 108 Å². The van der Waals surface area contributed by atoms with Gasteiger partial charge in [-0.25, -0.2) is 13.4 Å². The molecule has 0 amide bonds. The highest BCUT2D eigenvalue weighted by Gasteiger charge is 2.24. The largest absolute Gasteiger partial charge is 0.390 e. The van der Waals surface area contributed by atoms with Crippen LogP contribution in [0.15, 0.2) is 21.5 Å². The molecule has 9 heteroatoms. The zero-order chi connectivity index (χ0) is 14.9. The molecule has 0 saturated carbocycles. The predicted molar refractivity (Wildman–Crippen MR) is 76.7 cm³/mol. The number of hydrogen-bond donors (Lipinski definition) is 3. The molecule has 0 bridgehead atoms. The van der Waals surface area contributed by atoms with Gasteiger partial charge in [0.1, 0.15) is 16.4 Å². The summed E-state index contributed by atoms with van der Waals surface area (Å²) in [6, 6.07) is 3.25. The summed E-state index contributed by atoms with van der Waals surface area (Å²) >= 11 is 3.29. The van der Waals surface area contributed by atoms with Crippen LogP contribution in [0.5, 0.6) is 0 Å². The zero-order valence-corrected chi connectivity index (χ0v) is 13.2. The number of sulfonamides is 1. The summed E-state index contributed by atoms with van der Waals surface area (Å²) in [4.78, 5) is 4.07. The zero-order valence-electron chi connectivity index (χ0n) is 10.8. The average molecular weight is 361 g/mol. The Labute approximate surface area is 124 Å². The van der Waals surface area contributed by atoms with Gasteiger partial charge < -0.3 is 5.11 Å². The van der Waals surface area contributed by atoms with Crippen molar-refractivity contribution in [2.45, 2.75) is 25.3 Å². The molecule has 0 aliphatic rings. The van der Waals surface area contributed by atoms with Gasteiger partial charge in [-0.15, -0.1) is 0 Å². The minimum absolute atomic E-state index is 0.0534. The molecule has 2 aromatic heterocycles. The van der Waals surface area contributed by atoms with Crippen molar-refractivity contribution in [2.24, 2.45) is 0 Å². The Balaban J connectivity index is 2.40. The van der Waals surface area contributed by atoms with Crippen molar-refractivity contribution in [3.05, 3.63) is 33.7 Å². The van der Waals surface area contributed by atoms with E-state index >= 15 is 0 Å². The van der Waals surface area contributed by atoms with Crippen LogP contribution in [0.2, 0.25) is 0 Å². The number of anilines is 1. The van der Waals surface area contributed by atoms with E-state index in [4.69, 9.17) is 5.11 Å². The van der Waals surface area contributed by atoms with E-state index in [1.54, 1.807) is 26.0 Å². The third kappa shape index (κ3) is 2.84. The third-order valence-electron chi connectivity index (χ3n) is 2.64. The van der Waals surface area contributed by atoms with Crippen LogP contribution in [0.25, 0.3) is 0 Å². The Morgan fingerprint density at radius 3 is 2.70 bits per heavy atom. The lowest BCUT2D eigenvalue weighted by Gasteiger charge is -2.09. The Morgan fingerprint density at radius 1 is 1.40 bits per heavy atom. The molecule has 0 spiro atoms. The van der Waals surface area contributed by atoms with E-state index in [2.05, 4.69) is 35.8 Å². The van der Waals surface area contributed by atoms with Gasteiger partial charge in [0.15, 0.2) is 0 Å². The maximum Gasteiger partial charge on any atom is 0.266 e. The molecule has 0 aromatic carbocycles. The van der Waals surface area contributed by atoms with E-state index in [9.17, 15) is 8.42 Å². The van der Waals surface area contributed by atoms with E-state index < -0.39 is 16.6 Å². The van der Waals surface area contributed by atoms with Crippen LogP contribution in [0.1, 0.15) is 17.1 Å². The molecule has 0 aliphatic heterocycles. The summed E-state index contributed by atoms with van der Waals surface area (Å²) in [6.45, 7) is 2.86. The molecule has 3 N–H and O–H groups in total. The SMILES string of the molecule is Cc1nc(NS(=O)(=O)c2c(CO)n[nH]c2C)ccc1Br. The average Bonchev–Trinajstić information content (AvgIpc) is 2.75. The first-order chi connectivity index (χ1) is 9.35. The van der Waals surface area contributed by atoms with Crippen LogP contribution < -0.4 is 4.72 Å². The van der Waals surface area contributed by atoms with Gasteiger partial charge in [0.05, 0.1) is 18.0 Å². The fourth-order valence-corrected chi connectivity index (χ4v) is 3.30. The Hall–Kier alpha value is -1.45. The number of halogens is 1. The first-order valence-corrected chi connectivity index (χ1v) is 7.93. The molecule has 2 rings (SSSR count). The molecular formula is C11H13BrN4O3S. The van der Waals surface area contributed by atoms with Crippen molar-refractivity contribution in [1.82, 2.24) is 15.2 Å². The van der Waals surface area contributed by atoms with Crippen LogP contribution in [-0.2, 0) is 16.6 Å². The summed E-state index contributed by atoms with van der Waals surface area (Å²) < 4.78 is 27.8. The minimum atomic E-state index is -3.85. The molecule has 0 atom stereocenters. The van der Waals surface area contributed by atoms with Gasteiger partial charge in [-0.2, -0.15) is 5.10 Å². The fraction of sp³-hybridized carbons (Fsp3) is 0.273. The second kappa shape index (κ2) is 5.51. The normalized spacial score (nSPS) is 11.6. The lowest BCUT2D eigenvalue weighted by molar-refractivity contribution is 0.273. The molecule has 0 aliphatic carbocycles. The molecule has 0 unspecified atom stereocenters. The second-order valence-electron chi connectivity index (χ2n) is 4.15. The van der Waals surface area contributed by atoms with Gasteiger partial charge in [0.25, 0.3) is 10.0 Å². The molecule has 2 aromatic rings. The monoisotopic (exact) mass is 360 g/mol. The molecule has 20 heavy (non-hydrogen) atoms. The lowest BCUT2D eigenvalue weighted by atomic mass is 10.4. The van der Waals surface area contributed by atoms with Crippen molar-refractivity contribution in [3.8, 4) is 0 Å². The van der Waals surface area contributed by atoms with Crippen molar-refractivity contribution < 1.29 is 13.5 Å². The number of nitrogens with zero attached hydrogens (tertiary/aromatic N) is 2. The number of aromatic nitrogens is 3. The minimum Gasteiger partial charge on any atom is -0.390 e. The third-order valence-corrected chi connectivity index (χ3v) is 5.04. The quantitative estimate of drug-likeness (QED) is 0.765. The van der Waals surface area contributed by atoms with Gasteiger partial charge in [-0.05, 0) is 41.9 Å². The first kappa shape index (κ1) is 14.9. The molecular weight excluding hydrogens is 348 g/mol. The maximum atomic E-state index is 12.3. The molecule has 0 saturated heterocycles. The van der Waals surface area contributed by atoms with Crippen molar-refractivity contribution in [1.29, 1.82) is 0 Å². The van der Waals surface area contributed by atoms with Gasteiger partial charge in [-0.1, -0.05) is 0 Å². The van der Waals surface area contributed by atoms with Gasteiger partial charge in [-0.3, -0.25) is 9.82 Å². The predicted octanol–water partition coefficient (Wildman–Crippen LogP) is 1.48. The number of hydrogen-bond acceptors (Lipinski definition) is 5. The maximum absolute atomic E-state index is 12.3. The van der Waals surface area contributed by atoms with E-state index in [0.29, 0.717) is 11.4 Å². The van der Waals surface area contributed by atoms with Crippen molar-refractivity contribution >= 4 is 31.8 Å². The fourth-order valence-electron chi connectivity index (χ4n) is 1.72.